The second-order valence-electron chi connectivity index (χ2n) is 6.04. The number of aromatic nitrogens is 2. The number of benzene rings is 1. The third-order valence-corrected chi connectivity index (χ3v) is 5.59. The second kappa shape index (κ2) is 8.66. The lowest BCUT2D eigenvalue weighted by atomic mass is 10.2. The van der Waals surface area contributed by atoms with Gasteiger partial charge in [0.15, 0.2) is 11.5 Å². The molecule has 158 valence electrons. The summed E-state index contributed by atoms with van der Waals surface area (Å²) in [6.07, 6.45) is 0. The van der Waals surface area contributed by atoms with Crippen molar-refractivity contribution in [3.63, 3.8) is 0 Å². The van der Waals surface area contributed by atoms with Crippen LogP contribution in [0.4, 0.5) is 0 Å². The molecule has 0 saturated carbocycles. The van der Waals surface area contributed by atoms with Crippen LogP contribution in [0.2, 0.25) is 0 Å². The highest BCUT2D eigenvalue weighted by atomic mass is 32.2. The largest absolute Gasteiger partial charge is 0.493 e. The third kappa shape index (κ3) is 4.43. The maximum absolute atomic E-state index is 12.5. The van der Waals surface area contributed by atoms with Crippen LogP contribution in [0, 0.1) is 0 Å². The van der Waals surface area contributed by atoms with E-state index in [0.29, 0.717) is 49.1 Å². The predicted octanol–water partition coefficient (Wildman–Crippen LogP) is 0.395. The lowest BCUT2D eigenvalue weighted by molar-refractivity contribution is -0.132. The van der Waals surface area contributed by atoms with Crippen LogP contribution < -0.4 is 14.2 Å². The summed E-state index contributed by atoms with van der Waals surface area (Å²) in [5.41, 5.74) is 0.368. The van der Waals surface area contributed by atoms with Crippen molar-refractivity contribution < 1.29 is 36.6 Å². The molecule has 11 nitrogen and oxygen atoms in total. The van der Waals surface area contributed by atoms with Gasteiger partial charge in [0.25, 0.3) is 0 Å². The van der Waals surface area contributed by atoms with E-state index in [1.807, 2.05) is 0 Å². The molecule has 1 aliphatic heterocycles. The Bertz CT molecular complexity index is 957. The van der Waals surface area contributed by atoms with Gasteiger partial charge in [-0.1, -0.05) is 5.10 Å². The summed E-state index contributed by atoms with van der Waals surface area (Å²) in [4.78, 5) is 13.7. The van der Waals surface area contributed by atoms with Crippen molar-refractivity contribution in [3.05, 3.63) is 12.1 Å². The molecule has 0 radical (unpaired) electrons. The fourth-order valence-corrected chi connectivity index (χ4v) is 3.79. The van der Waals surface area contributed by atoms with Crippen LogP contribution in [0.3, 0.4) is 0 Å². The first-order valence-electron chi connectivity index (χ1n) is 8.61. The van der Waals surface area contributed by atoms with Gasteiger partial charge in [-0.05, 0) is 12.1 Å². The van der Waals surface area contributed by atoms with E-state index in [0.717, 1.165) is 0 Å². The van der Waals surface area contributed by atoms with Crippen LogP contribution >= 0.6 is 0 Å². The van der Waals surface area contributed by atoms with Crippen LogP contribution in [-0.4, -0.2) is 82.8 Å². The second-order valence-corrected chi connectivity index (χ2v) is 7.91. The first-order valence-corrected chi connectivity index (χ1v) is 10.3. The van der Waals surface area contributed by atoms with Crippen molar-refractivity contribution in [2.24, 2.45) is 0 Å². The van der Waals surface area contributed by atoms with Gasteiger partial charge in [0.05, 0.1) is 34.5 Å². The van der Waals surface area contributed by atoms with E-state index < -0.39 is 26.7 Å². The number of hydrogen-bond acceptors (Lipinski definition) is 10. The summed E-state index contributed by atoms with van der Waals surface area (Å²) in [5.74, 6) is -0.326. The molecule has 1 amide bonds. The molecule has 12 heteroatoms. The molecule has 3 rings (SSSR count). The number of carbonyl (C=O) groups excluding carboxylic acids is 1. The molecule has 0 bridgehead atoms. The number of methoxy groups -OCH3 is 3. The Morgan fingerprint density at radius 1 is 1.07 bits per heavy atom. The summed E-state index contributed by atoms with van der Waals surface area (Å²) >= 11 is 0. The smallest absolute Gasteiger partial charge is 0.336 e. The average Bonchev–Trinajstić information content (AvgIpc) is 3.24. The van der Waals surface area contributed by atoms with Crippen molar-refractivity contribution in [3.8, 4) is 28.7 Å². The molecular weight excluding hydrogens is 406 g/mol. The van der Waals surface area contributed by atoms with Gasteiger partial charge in [-0.25, -0.2) is 8.42 Å². The minimum absolute atomic E-state index is 0.0679. The first-order chi connectivity index (χ1) is 13.9. The zero-order valence-electron chi connectivity index (χ0n) is 16.2. The Labute approximate surface area is 167 Å². The van der Waals surface area contributed by atoms with E-state index in [4.69, 9.17) is 23.4 Å². The molecule has 2 aromatic rings. The van der Waals surface area contributed by atoms with Crippen LogP contribution in [0.1, 0.15) is 0 Å². The number of rotatable bonds is 7. The molecule has 1 aromatic carbocycles. The van der Waals surface area contributed by atoms with Crippen molar-refractivity contribution in [1.82, 2.24) is 15.1 Å². The van der Waals surface area contributed by atoms with E-state index in [-0.39, 0.29) is 5.89 Å². The van der Waals surface area contributed by atoms with Gasteiger partial charge in [0, 0.05) is 18.7 Å². The number of hydrogen-bond donors (Lipinski definition) is 0. The van der Waals surface area contributed by atoms with E-state index in [2.05, 4.69) is 10.2 Å². The molecule has 0 atom stereocenters. The van der Waals surface area contributed by atoms with Gasteiger partial charge in [0.1, 0.15) is 5.75 Å². The summed E-state index contributed by atoms with van der Waals surface area (Å²) in [5, 5.41) is 6.75. The molecular formula is C17H21N3O8S. The number of ether oxygens (including phenoxy) is 4. The monoisotopic (exact) mass is 427 g/mol. The van der Waals surface area contributed by atoms with Crippen molar-refractivity contribution in [2.75, 3.05) is 53.4 Å². The Balaban J connectivity index is 1.85. The van der Waals surface area contributed by atoms with E-state index >= 15 is 0 Å². The Hall–Kier alpha value is -2.86. The van der Waals surface area contributed by atoms with E-state index in [9.17, 15) is 13.2 Å². The number of amides is 1. The molecule has 1 aliphatic rings. The van der Waals surface area contributed by atoms with Crippen molar-refractivity contribution in [1.29, 1.82) is 0 Å². The first kappa shape index (κ1) is 20.9. The number of morpholine rings is 1. The summed E-state index contributed by atoms with van der Waals surface area (Å²) in [7, 11) is 0.254. The minimum atomic E-state index is -4.10. The van der Waals surface area contributed by atoms with Gasteiger partial charge in [-0.3, -0.25) is 4.79 Å². The molecule has 1 aromatic heterocycles. The quantitative estimate of drug-likeness (QED) is 0.612. The van der Waals surface area contributed by atoms with Crippen LogP contribution in [0.15, 0.2) is 21.8 Å². The van der Waals surface area contributed by atoms with Gasteiger partial charge in [0.2, 0.25) is 27.4 Å². The van der Waals surface area contributed by atoms with Gasteiger partial charge in [-0.2, -0.15) is 0 Å². The molecule has 2 heterocycles. The molecule has 0 spiro atoms. The lowest BCUT2D eigenvalue weighted by Gasteiger charge is -2.26. The highest BCUT2D eigenvalue weighted by Crippen LogP contribution is 2.41. The minimum Gasteiger partial charge on any atom is -0.493 e. The van der Waals surface area contributed by atoms with E-state index in [1.54, 1.807) is 12.1 Å². The fraction of sp³-hybridized carbons (Fsp3) is 0.471. The normalized spacial score (nSPS) is 14.5. The topological polar surface area (TPSA) is 130 Å². The molecule has 29 heavy (non-hydrogen) atoms. The zero-order chi connectivity index (χ0) is 21.0. The summed E-state index contributed by atoms with van der Waals surface area (Å²) in [6.45, 7) is 1.43. The highest BCUT2D eigenvalue weighted by Gasteiger charge is 2.30. The van der Waals surface area contributed by atoms with Crippen LogP contribution in [-0.2, 0) is 19.4 Å². The Morgan fingerprint density at radius 2 is 1.69 bits per heavy atom. The van der Waals surface area contributed by atoms with Gasteiger partial charge < -0.3 is 28.3 Å². The number of carbonyl (C=O) groups is 1. The maximum Gasteiger partial charge on any atom is 0.336 e. The summed E-state index contributed by atoms with van der Waals surface area (Å²) < 4.78 is 51.3. The maximum atomic E-state index is 12.5. The third-order valence-electron chi connectivity index (χ3n) is 4.26. The number of nitrogens with zero attached hydrogens (tertiary/aromatic N) is 3. The lowest BCUT2D eigenvalue weighted by Crippen LogP contribution is -2.43. The molecule has 0 N–H and O–H groups in total. The zero-order valence-corrected chi connectivity index (χ0v) is 17.0. The fourth-order valence-electron chi connectivity index (χ4n) is 2.79. The molecule has 0 aliphatic carbocycles. The van der Waals surface area contributed by atoms with E-state index in [1.165, 1.54) is 26.2 Å². The summed E-state index contributed by atoms with van der Waals surface area (Å²) in [6, 6.07) is 3.09. The highest BCUT2D eigenvalue weighted by molar-refractivity contribution is 7.91. The van der Waals surface area contributed by atoms with Crippen LogP contribution in [0.5, 0.6) is 17.2 Å². The van der Waals surface area contributed by atoms with Crippen LogP contribution in [0.25, 0.3) is 11.5 Å². The average molecular weight is 427 g/mol. The molecule has 1 fully saturated rings. The van der Waals surface area contributed by atoms with Crippen molar-refractivity contribution >= 4 is 15.7 Å². The SMILES string of the molecule is COc1cc(-c2nnc(S(=O)(=O)CC(=O)N3CCOCC3)o2)cc(OC)c1OC. The predicted molar refractivity (Wildman–Crippen MR) is 98.8 cm³/mol. The van der Waals surface area contributed by atoms with Gasteiger partial charge in [-0.15, -0.1) is 5.10 Å². The standard InChI is InChI=1S/C17H21N3O8S/c1-24-12-8-11(9-13(25-2)15(12)26-3)16-18-19-17(28-16)29(22,23)10-14(21)20-4-6-27-7-5-20/h8-9H,4-7,10H2,1-3H3. The Kier molecular flexibility index (Phi) is 6.23. The van der Waals surface area contributed by atoms with Gasteiger partial charge >= 0.3 is 5.22 Å². The number of sulfone groups is 1. The molecule has 0 unspecified atom stereocenters. The Morgan fingerprint density at radius 3 is 2.24 bits per heavy atom. The molecule has 1 saturated heterocycles. The van der Waals surface area contributed by atoms with Crippen molar-refractivity contribution in [2.45, 2.75) is 5.22 Å².